The molecule has 7 nitrogen and oxygen atoms in total. The molecule has 1 aliphatic rings. The first-order valence-corrected chi connectivity index (χ1v) is 10.6. The van der Waals surface area contributed by atoms with Crippen molar-refractivity contribution >= 4 is 27.3 Å². The van der Waals surface area contributed by atoms with Crippen LogP contribution in [-0.4, -0.2) is 28.5 Å². The third kappa shape index (κ3) is 3.46. The van der Waals surface area contributed by atoms with E-state index >= 15 is 0 Å². The molecule has 0 aromatic heterocycles. The Kier molecular flexibility index (Phi) is 4.87. The highest BCUT2D eigenvalue weighted by Crippen LogP contribution is 2.39. The summed E-state index contributed by atoms with van der Waals surface area (Å²) in [7, 11) is -0.676. The molecule has 30 heavy (non-hydrogen) atoms. The van der Waals surface area contributed by atoms with E-state index in [0.717, 1.165) is 0 Å². The minimum atomic E-state index is -3.85. The van der Waals surface area contributed by atoms with E-state index in [9.17, 15) is 13.2 Å². The molecule has 0 bridgehead atoms. The number of amides is 1. The number of para-hydroxylation sites is 2. The van der Waals surface area contributed by atoms with Gasteiger partial charge in [-0.25, -0.2) is 8.42 Å². The quantitative estimate of drug-likeness (QED) is 0.679. The predicted molar refractivity (Wildman–Crippen MR) is 114 cm³/mol. The van der Waals surface area contributed by atoms with E-state index < -0.39 is 10.0 Å². The topological polar surface area (TPSA) is 84.9 Å². The number of nitrogens with zero attached hydrogens (tertiary/aromatic N) is 1. The summed E-state index contributed by atoms with van der Waals surface area (Å²) in [5.41, 5.74) is 1.86. The van der Waals surface area contributed by atoms with Crippen LogP contribution in [-0.2, 0) is 10.0 Å². The number of aryl methyl sites for hydroxylation is 1. The van der Waals surface area contributed by atoms with Crippen molar-refractivity contribution in [3.63, 3.8) is 0 Å². The van der Waals surface area contributed by atoms with Crippen molar-refractivity contribution in [1.82, 2.24) is 0 Å². The zero-order valence-corrected chi connectivity index (χ0v) is 17.5. The molecule has 1 N–H and O–H groups in total. The van der Waals surface area contributed by atoms with Crippen molar-refractivity contribution in [3.8, 4) is 17.2 Å². The fourth-order valence-electron chi connectivity index (χ4n) is 3.31. The minimum absolute atomic E-state index is 0.0999. The number of ether oxygens (including phenoxy) is 2. The van der Waals surface area contributed by atoms with Gasteiger partial charge in [0.1, 0.15) is 11.5 Å². The Balaban J connectivity index is 1.68. The van der Waals surface area contributed by atoms with Gasteiger partial charge in [-0.3, -0.25) is 9.52 Å². The Morgan fingerprint density at radius 3 is 2.50 bits per heavy atom. The lowest BCUT2D eigenvalue weighted by Gasteiger charge is -2.16. The molecule has 0 unspecified atom stereocenters. The monoisotopic (exact) mass is 424 g/mol. The molecule has 0 aliphatic carbocycles. The number of carbonyl (C=O) groups is 1. The van der Waals surface area contributed by atoms with Gasteiger partial charge in [0.05, 0.1) is 23.3 Å². The van der Waals surface area contributed by atoms with Gasteiger partial charge < -0.3 is 14.4 Å². The lowest BCUT2D eigenvalue weighted by molar-refractivity contribution is 0.0993. The van der Waals surface area contributed by atoms with Crippen molar-refractivity contribution < 1.29 is 22.7 Å². The molecule has 1 amide bonds. The zero-order chi connectivity index (χ0) is 21.5. The summed E-state index contributed by atoms with van der Waals surface area (Å²) in [6.45, 7) is 1.77. The van der Waals surface area contributed by atoms with Crippen molar-refractivity contribution in [3.05, 3.63) is 71.8 Å². The van der Waals surface area contributed by atoms with E-state index in [4.69, 9.17) is 9.47 Å². The number of sulfonamides is 1. The maximum Gasteiger partial charge on any atom is 0.261 e. The summed E-state index contributed by atoms with van der Waals surface area (Å²) in [6, 6.07) is 16.4. The van der Waals surface area contributed by atoms with Crippen LogP contribution in [0.3, 0.4) is 0 Å². The van der Waals surface area contributed by atoms with E-state index in [0.29, 0.717) is 28.5 Å². The number of fused-ring (bicyclic) bond motifs is 2. The first kappa shape index (κ1) is 19.8. The zero-order valence-electron chi connectivity index (χ0n) is 16.7. The third-order valence-corrected chi connectivity index (χ3v) is 6.27. The third-order valence-electron chi connectivity index (χ3n) is 4.89. The largest absolute Gasteiger partial charge is 0.496 e. The molecular weight excluding hydrogens is 404 g/mol. The van der Waals surface area contributed by atoms with Crippen molar-refractivity contribution in [2.75, 3.05) is 23.8 Å². The van der Waals surface area contributed by atoms with Crippen LogP contribution in [0.1, 0.15) is 15.9 Å². The molecule has 8 heteroatoms. The van der Waals surface area contributed by atoms with Gasteiger partial charge in [0.15, 0.2) is 5.75 Å². The number of benzene rings is 3. The van der Waals surface area contributed by atoms with Gasteiger partial charge in [0.25, 0.3) is 15.9 Å². The van der Waals surface area contributed by atoms with E-state index in [1.54, 1.807) is 44.3 Å². The molecule has 154 valence electrons. The maximum absolute atomic E-state index is 13.0. The number of nitrogens with one attached hydrogen (secondary N) is 1. The van der Waals surface area contributed by atoms with Gasteiger partial charge in [-0.1, -0.05) is 12.1 Å². The highest BCUT2D eigenvalue weighted by molar-refractivity contribution is 7.92. The Morgan fingerprint density at radius 1 is 1.00 bits per heavy atom. The Hall–Kier alpha value is -3.52. The van der Waals surface area contributed by atoms with Crippen molar-refractivity contribution in [2.24, 2.45) is 0 Å². The van der Waals surface area contributed by atoms with Crippen LogP contribution in [0.4, 0.5) is 11.4 Å². The van der Waals surface area contributed by atoms with Gasteiger partial charge in [-0.05, 0) is 61.0 Å². The molecule has 3 aromatic carbocycles. The van der Waals surface area contributed by atoms with Crippen LogP contribution < -0.4 is 19.1 Å². The van der Waals surface area contributed by atoms with Gasteiger partial charge >= 0.3 is 0 Å². The molecule has 0 spiro atoms. The first-order chi connectivity index (χ1) is 14.3. The molecule has 1 heterocycles. The lowest BCUT2D eigenvalue weighted by atomic mass is 10.1. The van der Waals surface area contributed by atoms with Crippen LogP contribution in [0, 0.1) is 6.92 Å². The summed E-state index contributed by atoms with van der Waals surface area (Å²) in [4.78, 5) is 14.5. The van der Waals surface area contributed by atoms with Crippen LogP contribution in [0.2, 0.25) is 0 Å². The molecule has 1 aliphatic heterocycles. The predicted octanol–water partition coefficient (Wildman–Crippen LogP) is 4.19. The lowest BCUT2D eigenvalue weighted by Crippen LogP contribution is -2.25. The molecule has 0 saturated heterocycles. The van der Waals surface area contributed by atoms with Gasteiger partial charge in [0.2, 0.25) is 0 Å². The fraction of sp³-hybridized carbons (Fsp3) is 0.136. The highest BCUT2D eigenvalue weighted by atomic mass is 32.2. The van der Waals surface area contributed by atoms with Crippen molar-refractivity contribution in [1.29, 1.82) is 0 Å². The average Bonchev–Trinajstić information content (AvgIpc) is 2.83. The molecule has 4 rings (SSSR count). The highest BCUT2D eigenvalue weighted by Gasteiger charge is 2.26. The maximum atomic E-state index is 13.0. The molecular formula is C22H20N2O5S. The van der Waals surface area contributed by atoms with Gasteiger partial charge in [0, 0.05) is 12.7 Å². The summed E-state index contributed by atoms with van der Waals surface area (Å²) in [5, 5.41) is 0. The van der Waals surface area contributed by atoms with Crippen molar-refractivity contribution in [2.45, 2.75) is 11.8 Å². The molecule has 0 fully saturated rings. The van der Waals surface area contributed by atoms with E-state index in [2.05, 4.69) is 4.72 Å². The average molecular weight is 424 g/mol. The van der Waals surface area contributed by atoms with E-state index in [1.807, 2.05) is 12.1 Å². The second-order valence-electron chi connectivity index (χ2n) is 6.88. The van der Waals surface area contributed by atoms with E-state index in [1.165, 1.54) is 30.2 Å². The molecule has 0 saturated carbocycles. The summed E-state index contributed by atoms with van der Waals surface area (Å²) >= 11 is 0. The van der Waals surface area contributed by atoms with Crippen LogP contribution in [0.15, 0.2) is 65.6 Å². The smallest absolute Gasteiger partial charge is 0.261 e. The molecule has 3 aromatic rings. The van der Waals surface area contributed by atoms with Gasteiger partial charge in [-0.15, -0.1) is 0 Å². The number of hydrogen-bond acceptors (Lipinski definition) is 5. The Labute approximate surface area is 174 Å². The summed E-state index contributed by atoms with van der Waals surface area (Å²) in [5.74, 6) is 1.22. The van der Waals surface area contributed by atoms with Crippen LogP contribution in [0.5, 0.6) is 17.2 Å². The van der Waals surface area contributed by atoms with Crippen LogP contribution >= 0.6 is 0 Å². The van der Waals surface area contributed by atoms with Crippen LogP contribution in [0.25, 0.3) is 0 Å². The number of carbonyl (C=O) groups excluding carboxylic acids is 1. The summed E-state index contributed by atoms with van der Waals surface area (Å²) in [6.07, 6.45) is 0. The second kappa shape index (κ2) is 7.38. The Morgan fingerprint density at radius 2 is 1.77 bits per heavy atom. The second-order valence-corrected chi connectivity index (χ2v) is 8.56. The number of anilines is 2. The minimum Gasteiger partial charge on any atom is -0.496 e. The van der Waals surface area contributed by atoms with E-state index in [-0.39, 0.29) is 22.1 Å². The standard InChI is InChI=1S/C22H20N2O5S/c1-14-12-16(9-11-19(14)28-3)30(26,27)23-15-8-10-20-17(13-15)22(25)24(2)18-6-4-5-7-21(18)29-20/h4-13,23H,1-3H3. The Bertz CT molecular complexity index is 1250. The number of methoxy groups -OCH3 is 1. The van der Waals surface area contributed by atoms with Gasteiger partial charge in [-0.2, -0.15) is 0 Å². The molecule has 0 radical (unpaired) electrons. The summed E-state index contributed by atoms with van der Waals surface area (Å²) < 4.78 is 39.3. The normalized spacial score (nSPS) is 13.0. The number of hydrogen-bond donors (Lipinski definition) is 1. The SMILES string of the molecule is COc1ccc(S(=O)(=O)Nc2ccc3c(c2)C(=O)N(C)c2ccccc2O3)cc1C. The fourth-order valence-corrected chi connectivity index (χ4v) is 4.45. The number of rotatable bonds is 4. The molecule has 0 atom stereocenters. The first-order valence-electron chi connectivity index (χ1n) is 9.16.